The summed E-state index contributed by atoms with van der Waals surface area (Å²) in [7, 11) is 0. The molecule has 3 fully saturated rings. The maximum Gasteiger partial charge on any atom is 0.306 e. The fraction of sp³-hybridized carbons (Fsp3) is 0.679. The summed E-state index contributed by atoms with van der Waals surface area (Å²) in [6.07, 6.45) is 8.20. The van der Waals surface area contributed by atoms with E-state index < -0.39 is 70.5 Å². The third kappa shape index (κ3) is 4.97. The summed E-state index contributed by atoms with van der Waals surface area (Å²) >= 11 is 0. The van der Waals surface area contributed by atoms with Gasteiger partial charge in [0.05, 0.1) is 17.8 Å². The molecule has 3 aliphatic rings. The number of nitrogens with one attached hydrogen (secondary N) is 1. The molecule has 0 spiro atoms. The van der Waals surface area contributed by atoms with Gasteiger partial charge in [0.15, 0.2) is 11.6 Å². The van der Waals surface area contributed by atoms with Crippen LogP contribution in [0.2, 0.25) is 0 Å². The molecule has 2 saturated carbocycles. The number of carboxylic acids is 1. The number of aliphatic carboxylic acids is 1. The van der Waals surface area contributed by atoms with Gasteiger partial charge in [-0.25, -0.2) is 0 Å². The van der Waals surface area contributed by atoms with Crippen LogP contribution in [0.3, 0.4) is 0 Å². The van der Waals surface area contributed by atoms with Gasteiger partial charge in [-0.1, -0.05) is 45.3 Å². The Morgan fingerprint density at radius 1 is 1.19 bits per heavy atom. The lowest BCUT2D eigenvalue weighted by Crippen LogP contribution is -2.51. The van der Waals surface area contributed by atoms with Crippen LogP contribution in [0.25, 0.3) is 0 Å². The molecule has 0 aromatic carbocycles. The Labute approximate surface area is 212 Å². The zero-order chi connectivity index (χ0) is 26.8. The van der Waals surface area contributed by atoms with E-state index in [-0.39, 0.29) is 24.7 Å². The van der Waals surface area contributed by atoms with Crippen LogP contribution in [0.1, 0.15) is 65.7 Å². The van der Waals surface area contributed by atoms with Gasteiger partial charge in [-0.2, -0.15) is 0 Å². The molecule has 0 radical (unpaired) electrons. The number of carboxylic acid groups (broad SMARTS) is 1. The number of amides is 2. The quantitative estimate of drug-likeness (QED) is 0.130. The number of allylic oxidation sites excluding steroid dienone is 2. The lowest BCUT2D eigenvalue weighted by Gasteiger charge is -2.39. The van der Waals surface area contributed by atoms with Gasteiger partial charge in [-0.15, -0.1) is 6.58 Å². The Hall–Kier alpha value is -2.61. The second-order valence-electron chi connectivity index (χ2n) is 10.9. The fourth-order valence-electron chi connectivity index (χ4n) is 7.14. The molecule has 1 heterocycles. The van der Waals surface area contributed by atoms with Gasteiger partial charge in [0.25, 0.3) is 0 Å². The number of imide groups is 1. The second kappa shape index (κ2) is 11.2. The smallest absolute Gasteiger partial charge is 0.306 e. The Kier molecular flexibility index (Phi) is 8.70. The average molecular weight is 502 g/mol. The summed E-state index contributed by atoms with van der Waals surface area (Å²) in [4.78, 5) is 65.0. The van der Waals surface area contributed by atoms with E-state index in [0.717, 1.165) is 19.3 Å². The number of aliphatic hydroxyl groups is 1. The molecular formula is C28H39NO7. The Morgan fingerprint density at radius 3 is 2.47 bits per heavy atom. The van der Waals surface area contributed by atoms with E-state index in [1.807, 2.05) is 6.92 Å². The Balaban J connectivity index is 2.03. The molecule has 8 nitrogen and oxygen atoms in total. The highest BCUT2D eigenvalue weighted by Crippen LogP contribution is 2.56. The highest BCUT2D eigenvalue weighted by Gasteiger charge is 2.64. The van der Waals surface area contributed by atoms with Crippen molar-refractivity contribution >= 4 is 29.4 Å². The van der Waals surface area contributed by atoms with Gasteiger partial charge in [-0.3, -0.25) is 29.3 Å². The molecule has 3 rings (SSSR count). The fourth-order valence-corrected chi connectivity index (χ4v) is 7.14. The average Bonchev–Trinajstić information content (AvgIpc) is 3.29. The zero-order valence-electron chi connectivity index (χ0n) is 21.4. The Morgan fingerprint density at radius 2 is 1.89 bits per heavy atom. The molecule has 2 aliphatic carbocycles. The third-order valence-corrected chi connectivity index (χ3v) is 8.72. The number of unbranched alkanes of at least 4 members (excludes halogenated alkanes) is 2. The van der Waals surface area contributed by atoms with E-state index in [9.17, 15) is 34.2 Å². The SMILES string of the molecule is C=CC(CCCCC)C1C(=O)NC(=O)C1C(=O)C1C2C(C)CC(C(=O)O)CC2CC1(O)C(=O)C=CC. The lowest BCUT2D eigenvalue weighted by atomic mass is 9.63. The minimum Gasteiger partial charge on any atom is -0.481 e. The number of hydrogen-bond donors (Lipinski definition) is 3. The summed E-state index contributed by atoms with van der Waals surface area (Å²) in [6.45, 7) is 9.38. The number of carbonyl (C=O) groups is 5. The van der Waals surface area contributed by atoms with E-state index in [4.69, 9.17) is 0 Å². The van der Waals surface area contributed by atoms with Gasteiger partial charge in [0.2, 0.25) is 11.8 Å². The lowest BCUT2D eigenvalue weighted by molar-refractivity contribution is -0.152. The second-order valence-corrected chi connectivity index (χ2v) is 10.9. The standard InChI is InChI=1S/C28H39NO7/c1-5-8-9-11-16(7-3)21-22(26(33)29-25(21)32)24(31)23-20-15(4)12-17(27(34)35)13-18(20)14-28(23,36)19(30)10-6-2/h6-7,10,15-18,20-23,36H,3,5,8-9,11-14H2,1-2,4H3,(H,34,35)(H,29,32,33). The minimum absolute atomic E-state index is 0.0420. The van der Waals surface area contributed by atoms with Crippen molar-refractivity contribution < 1.29 is 34.2 Å². The van der Waals surface area contributed by atoms with E-state index >= 15 is 0 Å². The van der Waals surface area contributed by atoms with Crippen molar-refractivity contribution in [1.82, 2.24) is 5.32 Å². The molecule has 9 atom stereocenters. The molecule has 1 saturated heterocycles. The molecule has 0 aromatic heterocycles. The van der Waals surface area contributed by atoms with Crippen molar-refractivity contribution in [2.24, 2.45) is 47.3 Å². The number of carbonyl (C=O) groups excluding carboxylic acids is 4. The van der Waals surface area contributed by atoms with Crippen LogP contribution in [0.4, 0.5) is 0 Å². The number of fused-ring (bicyclic) bond motifs is 1. The summed E-state index contributed by atoms with van der Waals surface area (Å²) < 4.78 is 0. The number of hydrogen-bond acceptors (Lipinski definition) is 6. The maximum absolute atomic E-state index is 14.2. The van der Waals surface area contributed by atoms with Gasteiger partial charge in [-0.05, 0) is 62.4 Å². The largest absolute Gasteiger partial charge is 0.481 e. The van der Waals surface area contributed by atoms with E-state index in [1.54, 1.807) is 13.0 Å². The van der Waals surface area contributed by atoms with Gasteiger partial charge in [0.1, 0.15) is 11.5 Å². The number of ketones is 2. The van der Waals surface area contributed by atoms with Crippen LogP contribution in [0.15, 0.2) is 24.8 Å². The first kappa shape index (κ1) is 28.0. The van der Waals surface area contributed by atoms with Gasteiger partial charge in [0, 0.05) is 0 Å². The van der Waals surface area contributed by atoms with Crippen LogP contribution in [-0.2, 0) is 24.0 Å². The monoisotopic (exact) mass is 501 g/mol. The summed E-state index contributed by atoms with van der Waals surface area (Å²) in [6, 6.07) is 0. The van der Waals surface area contributed by atoms with Crippen LogP contribution in [-0.4, -0.2) is 45.2 Å². The third-order valence-electron chi connectivity index (χ3n) is 8.72. The van der Waals surface area contributed by atoms with E-state index in [1.165, 1.54) is 12.2 Å². The van der Waals surface area contributed by atoms with Crippen LogP contribution < -0.4 is 5.32 Å². The van der Waals surface area contributed by atoms with Crippen molar-refractivity contribution in [3.63, 3.8) is 0 Å². The van der Waals surface area contributed by atoms with Crippen molar-refractivity contribution in [3.8, 4) is 0 Å². The molecule has 3 N–H and O–H groups in total. The van der Waals surface area contributed by atoms with Crippen LogP contribution in [0, 0.1) is 47.3 Å². The van der Waals surface area contributed by atoms with Crippen LogP contribution >= 0.6 is 0 Å². The summed E-state index contributed by atoms with van der Waals surface area (Å²) in [5.41, 5.74) is -2.05. The molecule has 1 aliphatic heterocycles. The van der Waals surface area contributed by atoms with Crippen molar-refractivity contribution in [2.75, 3.05) is 0 Å². The van der Waals surface area contributed by atoms with Crippen molar-refractivity contribution in [1.29, 1.82) is 0 Å². The zero-order valence-corrected chi connectivity index (χ0v) is 21.4. The predicted octanol–water partition coefficient (Wildman–Crippen LogP) is 3.09. The Bertz CT molecular complexity index is 956. The summed E-state index contributed by atoms with van der Waals surface area (Å²) in [5, 5.41) is 23.7. The molecule has 0 aromatic rings. The highest BCUT2D eigenvalue weighted by atomic mass is 16.4. The van der Waals surface area contributed by atoms with Gasteiger partial charge < -0.3 is 10.2 Å². The maximum atomic E-state index is 14.2. The molecule has 8 heteroatoms. The highest BCUT2D eigenvalue weighted by molar-refractivity contribution is 6.17. The van der Waals surface area contributed by atoms with E-state index in [0.29, 0.717) is 12.8 Å². The first-order chi connectivity index (χ1) is 17.0. The number of rotatable bonds is 11. The number of Topliss-reactive ketones (excluding diaryl/α,β-unsaturated/α-hetero) is 1. The molecular weight excluding hydrogens is 462 g/mol. The van der Waals surface area contributed by atoms with Crippen molar-refractivity contribution in [3.05, 3.63) is 24.8 Å². The molecule has 9 unspecified atom stereocenters. The predicted molar refractivity (Wildman–Crippen MR) is 132 cm³/mol. The molecule has 0 bridgehead atoms. The minimum atomic E-state index is -2.05. The first-order valence-electron chi connectivity index (χ1n) is 13.1. The van der Waals surface area contributed by atoms with Crippen LogP contribution in [0.5, 0.6) is 0 Å². The van der Waals surface area contributed by atoms with E-state index in [2.05, 4.69) is 18.8 Å². The van der Waals surface area contributed by atoms with Crippen molar-refractivity contribution in [2.45, 2.75) is 71.3 Å². The topological polar surface area (TPSA) is 138 Å². The summed E-state index contributed by atoms with van der Waals surface area (Å²) in [5.74, 6) is -8.93. The normalized spacial score (nSPS) is 36.9. The van der Waals surface area contributed by atoms with Gasteiger partial charge >= 0.3 is 5.97 Å². The first-order valence-corrected chi connectivity index (χ1v) is 13.1. The molecule has 2 amide bonds. The molecule has 36 heavy (non-hydrogen) atoms. The molecule has 198 valence electrons.